The average molecular weight is 360 g/mol. The molecule has 2 bridgehead atoms. The monoisotopic (exact) mass is 360 g/mol. The third-order valence-corrected chi connectivity index (χ3v) is 6.79. The quantitative estimate of drug-likeness (QED) is 0.460. The summed E-state index contributed by atoms with van der Waals surface area (Å²) < 4.78 is 12.9. The molecule has 0 aromatic heterocycles. The fourth-order valence-corrected chi connectivity index (χ4v) is 5.23. The van der Waals surface area contributed by atoms with Crippen molar-refractivity contribution in [2.75, 3.05) is 20.2 Å². The van der Waals surface area contributed by atoms with Crippen LogP contribution in [-0.2, 0) is 14.3 Å². The number of carbonyl (C=O) groups excluding carboxylic acids is 1. The summed E-state index contributed by atoms with van der Waals surface area (Å²) in [6.45, 7) is 3.20. The van der Waals surface area contributed by atoms with E-state index in [0.29, 0.717) is 24.3 Å². The zero-order valence-corrected chi connectivity index (χ0v) is 15.7. The summed E-state index contributed by atoms with van der Waals surface area (Å²) in [5.74, 6) is -0.898. The zero-order valence-electron chi connectivity index (χ0n) is 15.7. The van der Waals surface area contributed by atoms with Gasteiger partial charge >= 0.3 is 5.97 Å². The largest absolute Gasteiger partial charge is 0.461 e. The number of benzene rings is 1. The molecule has 0 saturated carbocycles. The first kappa shape index (κ1) is 18.0. The molecule has 1 aromatic rings. The second-order valence-electron chi connectivity index (χ2n) is 8.30. The van der Waals surface area contributed by atoms with Gasteiger partial charge in [-0.05, 0) is 12.0 Å². The number of esters is 1. The van der Waals surface area contributed by atoms with Gasteiger partial charge in [-0.3, -0.25) is 4.79 Å². The number of hydrogen-bond acceptors (Lipinski definition) is 4. The molecule has 142 valence electrons. The molecule has 4 rings (SSSR count). The van der Waals surface area contributed by atoms with E-state index >= 15 is 0 Å². The number of rotatable bonds is 7. The van der Waals surface area contributed by atoms with Crippen LogP contribution in [0, 0.1) is 0 Å². The van der Waals surface area contributed by atoms with Gasteiger partial charge in [0.15, 0.2) is 0 Å². The highest BCUT2D eigenvalue weighted by Crippen LogP contribution is 2.52. The molecule has 3 aliphatic heterocycles. The molecule has 0 radical (unpaired) electrons. The number of epoxide rings is 1. The Kier molecular flexibility index (Phi) is 4.80. The lowest BCUT2D eigenvalue weighted by atomic mass is 9.94. The summed E-state index contributed by atoms with van der Waals surface area (Å²) in [7, 11) is 2.36. The zero-order chi connectivity index (χ0) is 18.3. The van der Waals surface area contributed by atoms with Crippen molar-refractivity contribution in [1.29, 1.82) is 0 Å². The van der Waals surface area contributed by atoms with Crippen LogP contribution in [0.5, 0.6) is 0 Å². The Labute approximate surface area is 155 Å². The maximum Gasteiger partial charge on any atom is 0.316 e. The van der Waals surface area contributed by atoms with E-state index in [9.17, 15) is 9.90 Å². The summed E-state index contributed by atoms with van der Waals surface area (Å²) in [5.41, 5.74) is 0.813. The van der Waals surface area contributed by atoms with Crippen molar-refractivity contribution in [3.63, 3.8) is 0 Å². The number of likely N-dealkylation sites (N-methyl/N-ethyl adjacent to an activating group) is 1. The van der Waals surface area contributed by atoms with Crippen LogP contribution in [0.3, 0.4) is 0 Å². The molecular weight excluding hydrogens is 330 g/mol. The van der Waals surface area contributed by atoms with Crippen LogP contribution in [0.1, 0.15) is 44.1 Å². The number of ether oxygens (including phenoxy) is 2. The van der Waals surface area contributed by atoms with Crippen molar-refractivity contribution in [3.8, 4) is 0 Å². The second-order valence-corrected chi connectivity index (χ2v) is 8.30. The van der Waals surface area contributed by atoms with Crippen LogP contribution in [-0.4, -0.2) is 66.2 Å². The molecule has 0 amide bonds. The van der Waals surface area contributed by atoms with E-state index in [1.165, 1.54) is 19.4 Å². The van der Waals surface area contributed by atoms with Gasteiger partial charge in [-0.15, -0.1) is 0 Å². The van der Waals surface area contributed by atoms with E-state index in [-0.39, 0.29) is 18.7 Å². The highest BCUT2D eigenvalue weighted by Gasteiger charge is 2.71. The lowest BCUT2D eigenvalue weighted by Gasteiger charge is -2.48. The number of aliphatic hydroxyl groups excluding tert-OH is 1. The molecule has 1 aromatic carbocycles. The Morgan fingerprint density at radius 2 is 1.92 bits per heavy atom. The number of piperidine rings is 1. The SMILES string of the molecule is CCCC[N+]1(C)[C@@H]2CC(OC(=O)[C@@H](CO)c3ccccc3)C[C@H]1[C@H]1O[C@H]12. The van der Waals surface area contributed by atoms with Gasteiger partial charge in [-0.2, -0.15) is 0 Å². The molecule has 3 saturated heterocycles. The van der Waals surface area contributed by atoms with Gasteiger partial charge in [0.2, 0.25) is 0 Å². The molecule has 3 fully saturated rings. The number of nitrogens with zero attached hydrogens (tertiary/aromatic N) is 1. The van der Waals surface area contributed by atoms with E-state index in [2.05, 4.69) is 14.0 Å². The third-order valence-electron chi connectivity index (χ3n) is 6.79. The highest BCUT2D eigenvalue weighted by atomic mass is 16.6. The Morgan fingerprint density at radius 3 is 2.50 bits per heavy atom. The fourth-order valence-electron chi connectivity index (χ4n) is 5.23. The van der Waals surface area contributed by atoms with Crippen molar-refractivity contribution in [3.05, 3.63) is 35.9 Å². The molecule has 5 heteroatoms. The predicted octanol–water partition coefficient (Wildman–Crippen LogP) is 2.23. The summed E-state index contributed by atoms with van der Waals surface area (Å²) in [5, 5.41) is 9.70. The number of aliphatic hydroxyl groups is 1. The number of carbonyl (C=O) groups is 1. The molecular formula is C21H30NO4+. The van der Waals surface area contributed by atoms with Crippen LogP contribution in [0.15, 0.2) is 30.3 Å². The van der Waals surface area contributed by atoms with E-state index < -0.39 is 5.92 Å². The molecule has 1 N–H and O–H groups in total. The number of morpholine rings is 1. The van der Waals surface area contributed by atoms with Crippen LogP contribution < -0.4 is 0 Å². The molecule has 2 unspecified atom stereocenters. The van der Waals surface area contributed by atoms with Crippen molar-refractivity contribution >= 4 is 5.97 Å². The summed E-state index contributed by atoms with van der Waals surface area (Å²) >= 11 is 0. The van der Waals surface area contributed by atoms with E-state index in [1.54, 1.807) is 0 Å². The van der Waals surface area contributed by atoms with Crippen LogP contribution in [0.25, 0.3) is 0 Å². The van der Waals surface area contributed by atoms with Crippen LogP contribution in [0.4, 0.5) is 0 Å². The third kappa shape index (κ3) is 2.96. The van der Waals surface area contributed by atoms with Gasteiger partial charge in [0.05, 0.1) is 20.2 Å². The predicted molar refractivity (Wildman–Crippen MR) is 97.6 cm³/mol. The topological polar surface area (TPSA) is 59.1 Å². The van der Waals surface area contributed by atoms with Gasteiger partial charge in [0.25, 0.3) is 0 Å². The van der Waals surface area contributed by atoms with Gasteiger partial charge in [0, 0.05) is 12.8 Å². The molecule has 3 aliphatic rings. The first-order chi connectivity index (χ1) is 12.6. The van der Waals surface area contributed by atoms with Crippen LogP contribution >= 0.6 is 0 Å². The minimum atomic E-state index is -0.595. The van der Waals surface area contributed by atoms with E-state index in [0.717, 1.165) is 22.9 Å². The minimum Gasteiger partial charge on any atom is -0.461 e. The molecule has 0 aliphatic carbocycles. The lowest BCUT2D eigenvalue weighted by Crippen LogP contribution is -2.62. The standard InChI is InChI=1S/C21H30NO4/c1-3-4-10-22(2)17-11-15(12-18(22)20-19(17)26-20)25-21(24)16(13-23)14-8-6-5-7-9-14/h5-9,15-20,23H,3-4,10-13H2,1-2H3/q+1/t15?,16-,17-,18+,19+,20-,22?/m0/s1. The summed E-state index contributed by atoms with van der Waals surface area (Å²) in [4.78, 5) is 12.7. The Morgan fingerprint density at radius 1 is 1.27 bits per heavy atom. The Bertz CT molecular complexity index is 631. The van der Waals surface area contributed by atoms with E-state index in [1.807, 2.05) is 30.3 Å². The van der Waals surface area contributed by atoms with Gasteiger partial charge in [-0.25, -0.2) is 0 Å². The summed E-state index contributed by atoms with van der Waals surface area (Å²) in [6.07, 6.45) is 4.83. The molecule has 7 atom stereocenters. The Balaban J connectivity index is 1.42. The lowest BCUT2D eigenvalue weighted by molar-refractivity contribution is -0.956. The van der Waals surface area contributed by atoms with Gasteiger partial charge in [-0.1, -0.05) is 43.7 Å². The van der Waals surface area contributed by atoms with Gasteiger partial charge < -0.3 is 19.1 Å². The smallest absolute Gasteiger partial charge is 0.316 e. The molecule has 26 heavy (non-hydrogen) atoms. The second kappa shape index (κ2) is 6.95. The van der Waals surface area contributed by atoms with Crippen molar-refractivity contribution in [1.82, 2.24) is 0 Å². The number of unbranched alkanes of at least 4 members (excludes halogenated alkanes) is 1. The number of hydrogen-bond donors (Lipinski definition) is 1. The Hall–Kier alpha value is -1.43. The normalized spacial score (nSPS) is 38.5. The van der Waals surface area contributed by atoms with Crippen molar-refractivity contribution < 1.29 is 23.9 Å². The number of quaternary nitrogens is 1. The minimum absolute atomic E-state index is 0.0560. The summed E-state index contributed by atoms with van der Waals surface area (Å²) in [6, 6.07) is 10.3. The average Bonchev–Trinajstić information content (AvgIpc) is 3.40. The van der Waals surface area contributed by atoms with Crippen LogP contribution in [0.2, 0.25) is 0 Å². The fraction of sp³-hybridized carbons (Fsp3) is 0.667. The molecule has 0 spiro atoms. The molecule has 3 heterocycles. The molecule has 5 nitrogen and oxygen atoms in total. The van der Waals surface area contributed by atoms with Crippen molar-refractivity contribution in [2.45, 2.75) is 68.9 Å². The number of fused-ring (bicyclic) bond motifs is 5. The maximum atomic E-state index is 12.7. The highest BCUT2D eigenvalue weighted by molar-refractivity contribution is 5.78. The maximum absolute atomic E-state index is 12.7. The van der Waals surface area contributed by atoms with E-state index in [4.69, 9.17) is 9.47 Å². The first-order valence-corrected chi connectivity index (χ1v) is 9.95. The first-order valence-electron chi connectivity index (χ1n) is 9.95. The van der Waals surface area contributed by atoms with Gasteiger partial charge in [0.1, 0.15) is 36.3 Å². The van der Waals surface area contributed by atoms with Crippen molar-refractivity contribution in [2.24, 2.45) is 0 Å².